The molecule has 0 aromatic heterocycles. The van der Waals surface area contributed by atoms with E-state index in [0.29, 0.717) is 53.1 Å². The van der Waals surface area contributed by atoms with Crippen LogP contribution in [0.25, 0.3) is 0 Å². The van der Waals surface area contributed by atoms with Crippen LogP contribution in [0.15, 0.2) is 146 Å². The zero-order valence-corrected chi connectivity index (χ0v) is 44.1. The molecule has 84 heavy (non-hydrogen) atoms. The summed E-state index contributed by atoms with van der Waals surface area (Å²) in [7, 11) is 0. The van der Waals surface area contributed by atoms with Crippen LogP contribution in [0.3, 0.4) is 0 Å². The Morgan fingerprint density at radius 1 is 0.488 bits per heavy atom. The first-order valence-electron chi connectivity index (χ1n) is 24.7. The minimum absolute atomic E-state index is 0.0277. The Hall–Kier alpha value is -7.20. The lowest BCUT2D eigenvalue weighted by atomic mass is 9.91. The highest BCUT2D eigenvalue weighted by Gasteiger charge is 2.43. The quantitative estimate of drug-likeness (QED) is 0.0559. The van der Waals surface area contributed by atoms with E-state index in [1.165, 1.54) is 32.9 Å². The Kier molecular flexibility index (Phi) is 21.6. The van der Waals surface area contributed by atoms with Gasteiger partial charge in [-0.3, -0.25) is 4.79 Å². The van der Waals surface area contributed by atoms with Crippen molar-refractivity contribution in [2.24, 2.45) is 11.5 Å². The number of halogens is 18. The third-order valence-electron chi connectivity index (χ3n) is 12.9. The van der Waals surface area contributed by atoms with E-state index in [4.69, 9.17) is 25.7 Å². The van der Waals surface area contributed by atoms with Gasteiger partial charge in [0.05, 0.1) is 70.4 Å². The van der Waals surface area contributed by atoms with E-state index in [-0.39, 0.29) is 61.2 Å². The summed E-state index contributed by atoms with van der Waals surface area (Å²) in [6.07, 6.45) is -32.9. The van der Waals surface area contributed by atoms with Crippen molar-refractivity contribution in [3.05, 3.63) is 212 Å². The van der Waals surface area contributed by atoms with Crippen molar-refractivity contribution in [2.45, 2.75) is 87.2 Å². The summed E-state index contributed by atoms with van der Waals surface area (Å²) in [6, 6.07) is 28.9. The first-order valence-corrected chi connectivity index (χ1v) is 24.7. The monoisotopic (exact) mass is 1210 g/mol. The number of carbonyl (C=O) groups is 2. The summed E-state index contributed by atoms with van der Waals surface area (Å²) in [6.45, 7) is 3.31. The van der Waals surface area contributed by atoms with Gasteiger partial charge in [0.15, 0.2) is 5.78 Å². The summed E-state index contributed by atoms with van der Waals surface area (Å²) in [5, 5.41) is 5.33. The normalized spacial score (nSPS) is 16.8. The highest BCUT2D eigenvalue weighted by molar-refractivity contribution is 5.97. The molecule has 1 saturated heterocycles. The minimum Gasteiger partial charge on any atom is -0.371 e. The van der Waals surface area contributed by atoms with Gasteiger partial charge in [-0.15, -0.1) is 0 Å². The number of benzene rings is 6. The Balaban J connectivity index is 0.000000231. The number of alkyl halides is 18. The maximum absolute atomic E-state index is 13.1. The van der Waals surface area contributed by atoms with Crippen LogP contribution in [0.4, 0.5) is 83.8 Å². The molecule has 9 nitrogen and oxygen atoms in total. The number of hydrogen-bond donors (Lipinski definition) is 4. The lowest BCUT2D eigenvalue weighted by Crippen LogP contribution is -2.48. The summed E-state index contributed by atoms with van der Waals surface area (Å²) in [4.78, 5) is 23.7. The number of nitrogens with one attached hydrogen (secondary N) is 2. The maximum atomic E-state index is 13.1. The van der Waals surface area contributed by atoms with E-state index in [1.54, 1.807) is 78.9 Å². The van der Waals surface area contributed by atoms with Crippen LogP contribution < -0.4 is 22.1 Å². The van der Waals surface area contributed by atoms with Gasteiger partial charge in [0, 0.05) is 18.7 Å². The van der Waals surface area contributed by atoms with Crippen LogP contribution in [0.2, 0.25) is 0 Å². The van der Waals surface area contributed by atoms with E-state index in [2.05, 4.69) is 10.6 Å². The van der Waals surface area contributed by atoms with Crippen LogP contribution in [-0.4, -0.2) is 44.7 Å². The van der Waals surface area contributed by atoms with Crippen molar-refractivity contribution < 1.29 is 103 Å². The third kappa shape index (κ3) is 18.6. The Morgan fingerprint density at radius 3 is 1.15 bits per heavy atom. The molecule has 2 amide bonds. The fourth-order valence-corrected chi connectivity index (χ4v) is 8.05. The van der Waals surface area contributed by atoms with Crippen molar-refractivity contribution in [3.8, 4) is 0 Å². The number of rotatable bonds is 16. The van der Waals surface area contributed by atoms with E-state index in [9.17, 15) is 88.6 Å². The molecule has 1 heterocycles. The van der Waals surface area contributed by atoms with E-state index < -0.39 is 118 Å². The van der Waals surface area contributed by atoms with Gasteiger partial charge in [0.2, 0.25) is 0 Å². The molecule has 1 aliphatic rings. The third-order valence-corrected chi connectivity index (χ3v) is 12.9. The molecular weight excluding hydrogens is 1160 g/mol. The predicted molar refractivity (Wildman–Crippen MR) is 269 cm³/mol. The zero-order valence-electron chi connectivity index (χ0n) is 44.1. The molecule has 0 saturated carbocycles. The number of carbonyl (C=O) groups excluding carboxylic acids is 2. The molecule has 6 aromatic rings. The number of Topliss-reactive ketones (excluding diaryl/α,β-unsaturated/α-hetero) is 1. The number of ketones is 1. The number of urea groups is 1. The van der Waals surface area contributed by atoms with Crippen molar-refractivity contribution in [1.29, 1.82) is 0 Å². The van der Waals surface area contributed by atoms with Crippen LogP contribution in [0.5, 0.6) is 0 Å². The van der Waals surface area contributed by atoms with E-state index in [0.717, 1.165) is 0 Å². The van der Waals surface area contributed by atoms with Crippen molar-refractivity contribution in [3.63, 3.8) is 0 Å². The van der Waals surface area contributed by atoms with Crippen molar-refractivity contribution >= 4 is 11.8 Å². The zero-order chi connectivity index (χ0) is 62.9. The molecule has 0 radical (unpaired) electrons. The SMILES string of the molecule is CC(OCC(=O)c1ccccc1)c1cc(C(F)(F)F)cc(C(F)(F)F)c1.CC(OCC(N)(CN)c1ccccc1)c1cc(C(F)(F)F)cc(C(F)(F)F)c1.CC(OCC1(c2ccccc2)CNC(=O)N1)c1cc(C(F)(F)F)cc(C(F)(F)F)c1. The Labute approximate surface area is 468 Å². The molecule has 5 unspecified atom stereocenters. The lowest BCUT2D eigenvalue weighted by Gasteiger charge is -2.30. The summed E-state index contributed by atoms with van der Waals surface area (Å²) in [5.74, 6) is -0.430. The molecule has 456 valence electrons. The van der Waals surface area contributed by atoms with E-state index >= 15 is 0 Å². The van der Waals surface area contributed by atoms with Crippen LogP contribution in [-0.2, 0) is 62.3 Å². The second kappa shape index (κ2) is 26.8. The van der Waals surface area contributed by atoms with Crippen LogP contribution in [0, 0.1) is 0 Å². The summed E-state index contributed by atoms with van der Waals surface area (Å²) < 4.78 is 250. The first kappa shape index (κ1) is 67.6. The molecule has 5 atom stereocenters. The van der Waals surface area contributed by atoms with Crippen LogP contribution >= 0.6 is 0 Å². The van der Waals surface area contributed by atoms with Gasteiger partial charge in [-0.05, 0) is 103 Å². The number of nitrogens with two attached hydrogens (primary N) is 2. The molecule has 6 N–H and O–H groups in total. The van der Waals surface area contributed by atoms with Gasteiger partial charge in [0.25, 0.3) is 0 Å². The maximum Gasteiger partial charge on any atom is 0.416 e. The topological polar surface area (TPSA) is 138 Å². The van der Waals surface area contributed by atoms with Gasteiger partial charge in [-0.1, -0.05) is 91.0 Å². The van der Waals surface area contributed by atoms with Gasteiger partial charge < -0.3 is 36.3 Å². The highest BCUT2D eigenvalue weighted by Crippen LogP contribution is 2.42. The largest absolute Gasteiger partial charge is 0.416 e. The second-order valence-electron chi connectivity index (χ2n) is 19.1. The molecule has 6 aromatic carbocycles. The minimum atomic E-state index is -4.94. The molecule has 7 rings (SSSR count). The molecule has 27 heteroatoms. The Bertz CT molecular complexity index is 3040. The molecule has 0 bridgehead atoms. The fourth-order valence-electron chi connectivity index (χ4n) is 8.05. The summed E-state index contributed by atoms with van der Waals surface area (Å²) in [5.41, 5.74) is 2.21. The number of hydrogen-bond acceptors (Lipinski definition) is 7. The molecular formula is C57H52F18N4O5. The smallest absolute Gasteiger partial charge is 0.371 e. The lowest BCUT2D eigenvalue weighted by molar-refractivity contribution is -0.144. The van der Waals surface area contributed by atoms with Crippen molar-refractivity contribution in [2.75, 3.05) is 32.9 Å². The van der Waals surface area contributed by atoms with Gasteiger partial charge >= 0.3 is 43.1 Å². The average molecular weight is 1220 g/mol. The standard InChI is InChI=1S/C20H18F6N2O2.C19H20F6N2O.C18H14F6O2/c1-12(13-7-15(19(21,22)23)9-16(8-13)20(24,25)26)30-11-18(10-27-17(29)28-18)14-5-3-2-4-6-14;1-12(28-11-17(27,10-26)14-5-3-2-4-6-14)13-7-15(18(20,21)22)9-16(8-13)19(23,24)25;1-11(26-10-16(25)12-5-3-2-4-6-12)13-7-14(17(19,20)21)9-15(8-13)18(22,23)24/h2-9,12H,10-11H2,1H3,(H2,27,28,29);2-9,12H,10-11,26-27H2,1H3;2-9,11H,10H2,1H3. The average Bonchev–Trinajstić information content (AvgIpc) is 2.41. The van der Waals surface area contributed by atoms with Gasteiger partial charge in [-0.2, -0.15) is 79.0 Å². The Morgan fingerprint density at radius 2 is 0.821 bits per heavy atom. The summed E-state index contributed by atoms with van der Waals surface area (Å²) >= 11 is 0. The van der Waals surface area contributed by atoms with Gasteiger partial charge in [0.1, 0.15) is 12.1 Å². The fraction of sp³-hybridized carbons (Fsp3) is 0.333. The van der Waals surface area contributed by atoms with Crippen molar-refractivity contribution in [1.82, 2.24) is 10.6 Å². The van der Waals surface area contributed by atoms with E-state index in [1.807, 2.05) is 0 Å². The number of ether oxygens (including phenoxy) is 3. The second-order valence-corrected chi connectivity index (χ2v) is 19.1. The predicted octanol–water partition coefficient (Wildman–Crippen LogP) is 15.3. The molecule has 0 aliphatic carbocycles. The van der Waals surface area contributed by atoms with Gasteiger partial charge in [-0.25, -0.2) is 4.79 Å². The molecule has 1 fully saturated rings. The molecule has 1 aliphatic heterocycles. The number of amides is 2. The molecule has 0 spiro atoms. The highest BCUT2D eigenvalue weighted by atomic mass is 19.4. The van der Waals surface area contributed by atoms with Crippen LogP contribution in [0.1, 0.15) is 111 Å². The first-order chi connectivity index (χ1) is 38.8.